The molecule has 2 saturated carbocycles. The third kappa shape index (κ3) is 5.30. The second-order valence-corrected chi connectivity index (χ2v) is 9.21. The Morgan fingerprint density at radius 2 is 1.83 bits per heavy atom. The molecule has 3 fully saturated rings. The van der Waals surface area contributed by atoms with Crippen LogP contribution in [0.2, 0.25) is 0 Å². The van der Waals surface area contributed by atoms with E-state index < -0.39 is 0 Å². The van der Waals surface area contributed by atoms with E-state index in [2.05, 4.69) is 27.8 Å². The SMILES string of the molecule is CC(NC(=O)NC1CCN(CC(=O)Nc2ccccc2)CC1)C1CC2CCC1C2. The van der Waals surface area contributed by atoms with Crippen molar-refractivity contribution in [3.8, 4) is 0 Å². The van der Waals surface area contributed by atoms with E-state index in [4.69, 9.17) is 0 Å². The number of benzene rings is 1. The summed E-state index contributed by atoms with van der Waals surface area (Å²) < 4.78 is 0. The van der Waals surface area contributed by atoms with Gasteiger partial charge in [-0.2, -0.15) is 0 Å². The van der Waals surface area contributed by atoms with E-state index in [0.29, 0.717) is 12.5 Å². The van der Waals surface area contributed by atoms with E-state index in [9.17, 15) is 9.59 Å². The van der Waals surface area contributed by atoms with Gasteiger partial charge in [-0.15, -0.1) is 0 Å². The molecule has 1 heterocycles. The van der Waals surface area contributed by atoms with Crippen LogP contribution >= 0.6 is 0 Å². The summed E-state index contributed by atoms with van der Waals surface area (Å²) >= 11 is 0. The number of para-hydroxylation sites is 1. The van der Waals surface area contributed by atoms with Crippen LogP contribution in [0.15, 0.2) is 30.3 Å². The molecular formula is C23H34N4O2. The van der Waals surface area contributed by atoms with E-state index in [0.717, 1.165) is 43.5 Å². The van der Waals surface area contributed by atoms with Crippen molar-refractivity contribution in [2.75, 3.05) is 25.0 Å². The van der Waals surface area contributed by atoms with Crippen molar-refractivity contribution in [1.82, 2.24) is 15.5 Å². The average Bonchev–Trinajstić information content (AvgIpc) is 3.34. The van der Waals surface area contributed by atoms with Gasteiger partial charge in [-0.1, -0.05) is 24.6 Å². The van der Waals surface area contributed by atoms with E-state index >= 15 is 0 Å². The molecule has 6 nitrogen and oxygen atoms in total. The van der Waals surface area contributed by atoms with Crippen molar-refractivity contribution < 1.29 is 9.59 Å². The van der Waals surface area contributed by atoms with Gasteiger partial charge >= 0.3 is 6.03 Å². The number of anilines is 1. The van der Waals surface area contributed by atoms with E-state index in [-0.39, 0.29) is 24.0 Å². The third-order valence-electron chi connectivity index (χ3n) is 7.14. The Kier molecular flexibility index (Phi) is 6.38. The van der Waals surface area contributed by atoms with Crippen LogP contribution in [-0.4, -0.2) is 48.6 Å². The maximum absolute atomic E-state index is 12.4. The number of urea groups is 1. The van der Waals surface area contributed by atoms with Crippen LogP contribution in [0.4, 0.5) is 10.5 Å². The minimum absolute atomic E-state index is 0.0139. The van der Waals surface area contributed by atoms with E-state index in [1.54, 1.807) is 0 Å². The highest BCUT2D eigenvalue weighted by atomic mass is 16.2. The maximum atomic E-state index is 12.4. The molecule has 2 bridgehead atoms. The monoisotopic (exact) mass is 398 g/mol. The first-order valence-corrected chi connectivity index (χ1v) is 11.2. The molecule has 6 heteroatoms. The van der Waals surface area contributed by atoms with Crippen molar-refractivity contribution in [1.29, 1.82) is 0 Å². The van der Waals surface area contributed by atoms with Crippen LogP contribution in [-0.2, 0) is 4.79 Å². The third-order valence-corrected chi connectivity index (χ3v) is 7.14. The van der Waals surface area contributed by atoms with Crippen molar-refractivity contribution >= 4 is 17.6 Å². The Labute approximate surface area is 173 Å². The first kappa shape index (κ1) is 20.2. The van der Waals surface area contributed by atoms with Crippen molar-refractivity contribution in [2.24, 2.45) is 17.8 Å². The molecule has 1 aromatic rings. The van der Waals surface area contributed by atoms with Crippen LogP contribution < -0.4 is 16.0 Å². The van der Waals surface area contributed by atoms with Gasteiger partial charge in [0.15, 0.2) is 0 Å². The van der Waals surface area contributed by atoms with Crippen molar-refractivity contribution in [2.45, 2.75) is 57.5 Å². The molecule has 158 valence electrons. The zero-order valence-corrected chi connectivity index (χ0v) is 17.4. The second kappa shape index (κ2) is 9.16. The molecule has 1 aliphatic heterocycles. The highest BCUT2D eigenvalue weighted by Gasteiger charge is 2.42. The minimum Gasteiger partial charge on any atom is -0.335 e. The summed E-state index contributed by atoms with van der Waals surface area (Å²) in [6, 6.07) is 9.96. The summed E-state index contributed by atoms with van der Waals surface area (Å²) in [5, 5.41) is 9.28. The smallest absolute Gasteiger partial charge is 0.315 e. The fourth-order valence-corrected chi connectivity index (χ4v) is 5.61. The number of likely N-dealkylation sites (tertiary alicyclic amines) is 1. The normalized spacial score (nSPS) is 28.1. The minimum atomic E-state index is -0.0273. The highest BCUT2D eigenvalue weighted by Crippen LogP contribution is 2.49. The van der Waals surface area contributed by atoms with Gasteiger partial charge in [-0.05, 0) is 68.9 Å². The van der Waals surface area contributed by atoms with E-state index in [1.807, 2.05) is 30.3 Å². The predicted molar refractivity (Wildman–Crippen MR) is 115 cm³/mol. The number of carbonyl (C=O) groups is 2. The van der Waals surface area contributed by atoms with Crippen molar-refractivity contribution in [3.05, 3.63) is 30.3 Å². The van der Waals surface area contributed by atoms with Crippen molar-refractivity contribution in [3.63, 3.8) is 0 Å². The number of fused-ring (bicyclic) bond motifs is 2. The van der Waals surface area contributed by atoms with Crippen LogP contribution in [0.1, 0.15) is 45.4 Å². The molecule has 4 atom stereocenters. The summed E-state index contributed by atoms with van der Waals surface area (Å²) in [5.41, 5.74) is 0.829. The van der Waals surface area contributed by atoms with Gasteiger partial charge in [0.25, 0.3) is 0 Å². The number of hydrogen-bond acceptors (Lipinski definition) is 3. The maximum Gasteiger partial charge on any atom is 0.315 e. The van der Waals surface area contributed by atoms with Gasteiger partial charge in [0.1, 0.15) is 0 Å². The molecule has 0 aromatic heterocycles. The quantitative estimate of drug-likeness (QED) is 0.689. The Morgan fingerprint density at radius 1 is 1.07 bits per heavy atom. The van der Waals surface area contributed by atoms with Gasteiger partial charge in [0.05, 0.1) is 6.54 Å². The summed E-state index contributed by atoms with van der Waals surface area (Å²) in [6.07, 6.45) is 7.16. The van der Waals surface area contributed by atoms with Crippen LogP contribution in [0.3, 0.4) is 0 Å². The number of nitrogens with one attached hydrogen (secondary N) is 3. The van der Waals surface area contributed by atoms with Crippen LogP contribution in [0.5, 0.6) is 0 Å². The van der Waals surface area contributed by atoms with Crippen LogP contribution in [0.25, 0.3) is 0 Å². The lowest BCUT2D eigenvalue weighted by Gasteiger charge is -2.33. The number of hydrogen-bond donors (Lipinski definition) is 3. The summed E-state index contributed by atoms with van der Waals surface area (Å²) in [4.78, 5) is 26.8. The molecule has 4 rings (SSSR count). The molecule has 2 aliphatic carbocycles. The van der Waals surface area contributed by atoms with Gasteiger partial charge in [-0.3, -0.25) is 9.69 Å². The second-order valence-electron chi connectivity index (χ2n) is 9.21. The molecule has 1 saturated heterocycles. The molecule has 3 N–H and O–H groups in total. The molecule has 3 amide bonds. The fraction of sp³-hybridized carbons (Fsp3) is 0.652. The number of amides is 3. The number of nitrogens with zero attached hydrogens (tertiary/aromatic N) is 1. The molecule has 29 heavy (non-hydrogen) atoms. The molecule has 1 aromatic carbocycles. The number of rotatable bonds is 6. The summed E-state index contributed by atoms with van der Waals surface area (Å²) in [7, 11) is 0. The van der Waals surface area contributed by atoms with Gasteiger partial charge < -0.3 is 16.0 Å². The van der Waals surface area contributed by atoms with Gasteiger partial charge in [0.2, 0.25) is 5.91 Å². The zero-order chi connectivity index (χ0) is 20.2. The molecular weight excluding hydrogens is 364 g/mol. The summed E-state index contributed by atoms with van der Waals surface area (Å²) in [6.45, 7) is 4.22. The molecule has 4 unspecified atom stereocenters. The zero-order valence-electron chi connectivity index (χ0n) is 17.4. The Hall–Kier alpha value is -2.08. The Morgan fingerprint density at radius 3 is 2.48 bits per heavy atom. The Balaban J connectivity index is 1.14. The number of carbonyl (C=O) groups excluding carboxylic acids is 2. The Bertz CT molecular complexity index is 702. The highest BCUT2D eigenvalue weighted by molar-refractivity contribution is 5.92. The predicted octanol–water partition coefficient (Wildman–Crippen LogP) is 3.21. The largest absolute Gasteiger partial charge is 0.335 e. The molecule has 3 aliphatic rings. The lowest BCUT2D eigenvalue weighted by atomic mass is 9.84. The van der Waals surface area contributed by atoms with Crippen LogP contribution in [0, 0.1) is 17.8 Å². The molecule has 0 radical (unpaired) electrons. The van der Waals surface area contributed by atoms with E-state index in [1.165, 1.54) is 25.7 Å². The lowest BCUT2D eigenvalue weighted by Crippen LogP contribution is -2.51. The topological polar surface area (TPSA) is 73.5 Å². The molecule has 0 spiro atoms. The summed E-state index contributed by atoms with van der Waals surface area (Å²) in [5.74, 6) is 2.39. The van der Waals surface area contributed by atoms with Gasteiger partial charge in [-0.25, -0.2) is 4.79 Å². The standard InChI is InChI=1S/C23H34N4O2/c1-16(21-14-17-7-8-18(21)13-17)24-23(29)26-20-9-11-27(12-10-20)15-22(28)25-19-5-3-2-4-6-19/h2-6,16-18,20-21H,7-15H2,1H3,(H,25,28)(H2,24,26,29). The lowest BCUT2D eigenvalue weighted by molar-refractivity contribution is -0.117. The first-order chi connectivity index (χ1) is 14.1. The average molecular weight is 399 g/mol. The fourth-order valence-electron chi connectivity index (χ4n) is 5.61. The first-order valence-electron chi connectivity index (χ1n) is 11.2. The number of piperidine rings is 1. The van der Waals surface area contributed by atoms with Gasteiger partial charge in [0, 0.05) is 30.9 Å².